The topological polar surface area (TPSA) is 195 Å². The fourth-order valence-electron chi connectivity index (χ4n) is 11.2. The lowest BCUT2D eigenvalue weighted by Crippen LogP contribution is -2.59. The number of morpholine rings is 1. The molecule has 18 heteroatoms. The number of hydrogen-bond donors (Lipinski definition) is 1. The fraction of sp³-hybridized carbons (Fsp3) is 0.286. The summed E-state index contributed by atoms with van der Waals surface area (Å²) in [6, 6.07) is 37.1. The Kier molecular flexibility index (Phi) is 13.3. The first-order valence-corrected chi connectivity index (χ1v) is 24.5. The van der Waals surface area contributed by atoms with Gasteiger partial charge in [-0.15, -0.1) is 5.10 Å². The Morgan fingerprint density at radius 2 is 1.50 bits per heavy atom. The first-order valence-electron chi connectivity index (χ1n) is 24.5. The Balaban J connectivity index is 1.15. The van der Waals surface area contributed by atoms with E-state index in [9.17, 15) is 9.90 Å². The zero-order chi connectivity index (χ0) is 50.8. The smallest absolute Gasteiger partial charge is 0.421 e. The predicted octanol–water partition coefficient (Wildman–Crippen LogP) is 5.44. The number of nitrogens with zero attached hydrogens (tertiary/aromatic N) is 9. The molecule has 0 radical (unpaired) electrons. The molecule has 74 heavy (non-hydrogen) atoms. The molecule has 0 aliphatic carbocycles. The minimum Gasteiger partial charge on any atom is -0.491 e. The number of esters is 1. The number of imide groups is 1. The summed E-state index contributed by atoms with van der Waals surface area (Å²) >= 11 is 0. The molecule has 18 nitrogen and oxygen atoms in total. The summed E-state index contributed by atoms with van der Waals surface area (Å²) in [6.07, 6.45) is 1.42. The molecule has 1 N–H and O–H groups in total. The molecule has 7 aromatic rings. The molecule has 374 valence electrons. The Labute approximate surface area is 426 Å². The van der Waals surface area contributed by atoms with Gasteiger partial charge in [0, 0.05) is 51.2 Å². The van der Waals surface area contributed by atoms with E-state index in [1.54, 1.807) is 70.5 Å². The number of hydrogen-bond acceptors (Lipinski definition) is 15. The van der Waals surface area contributed by atoms with Gasteiger partial charge >= 0.3 is 12.1 Å². The third kappa shape index (κ3) is 8.43. The van der Waals surface area contributed by atoms with E-state index in [0.717, 1.165) is 16.0 Å². The second-order valence-corrected chi connectivity index (χ2v) is 18.3. The predicted molar refractivity (Wildman–Crippen MR) is 269 cm³/mol. The third-order valence-electron chi connectivity index (χ3n) is 14.3. The minimum absolute atomic E-state index is 0.0325. The van der Waals surface area contributed by atoms with Crippen LogP contribution in [0.2, 0.25) is 0 Å². The molecule has 3 saturated heterocycles. The Morgan fingerprint density at radius 1 is 0.784 bits per heavy atom. The number of fused-ring (bicyclic) bond motifs is 4. The van der Waals surface area contributed by atoms with Gasteiger partial charge in [0.25, 0.3) is 0 Å². The fourth-order valence-corrected chi connectivity index (χ4v) is 11.2. The van der Waals surface area contributed by atoms with E-state index in [0.29, 0.717) is 52.6 Å². The molecule has 4 aliphatic heterocycles. The maximum atomic E-state index is 16.6. The van der Waals surface area contributed by atoms with Crippen molar-refractivity contribution in [1.82, 2.24) is 34.8 Å². The molecular formula is C56H51N9O9. The van der Waals surface area contributed by atoms with Crippen molar-refractivity contribution >= 4 is 46.5 Å². The van der Waals surface area contributed by atoms with Crippen molar-refractivity contribution < 1.29 is 43.2 Å². The Morgan fingerprint density at radius 3 is 2.23 bits per heavy atom. The molecule has 11 rings (SSSR count). The van der Waals surface area contributed by atoms with Gasteiger partial charge in [0.1, 0.15) is 48.6 Å². The van der Waals surface area contributed by atoms with E-state index in [4.69, 9.17) is 18.9 Å². The van der Waals surface area contributed by atoms with E-state index in [2.05, 4.69) is 32.1 Å². The van der Waals surface area contributed by atoms with Crippen LogP contribution in [0.4, 0.5) is 16.4 Å². The molecule has 3 fully saturated rings. The standard InChI is InChI=1S/C56H51N9O9/c1-71-34-35-73-55(70)64-44-24-19-37(12-10-27-63-45-18-9-8-17-43(45)59-60-63)36-42(44)56(53(64)69)46(51(67)61-28-30-62(31-29-61)54-57-25-11-26-58-54)48-52(68)74-49(39-15-6-3-7-16-39)47(38-13-4-2-5-14-38)65(48)50(56)40-20-22-41(23-21-40)72-33-32-66/h2-9,11,13-26,36,46-50,66H,27-35H2,1H3. The molecule has 6 unspecified atom stereocenters. The molecule has 3 amide bonds. The highest BCUT2D eigenvalue weighted by molar-refractivity contribution is 6.23. The average Bonchev–Trinajstić information content (AvgIpc) is 4.14. The molecule has 6 heterocycles. The highest BCUT2D eigenvalue weighted by atomic mass is 16.6. The summed E-state index contributed by atoms with van der Waals surface area (Å²) in [4.78, 5) is 78.8. The van der Waals surface area contributed by atoms with E-state index < -0.39 is 59.4 Å². The number of aliphatic hydroxyl groups excluding tert-OH is 1. The van der Waals surface area contributed by atoms with Gasteiger partial charge in [0.05, 0.1) is 42.4 Å². The van der Waals surface area contributed by atoms with E-state index >= 15 is 14.4 Å². The normalized spacial score (nSPS) is 22.2. The number of carbonyl (C=O) groups excluding carboxylic acids is 4. The number of methoxy groups -OCH3 is 1. The number of piperazine rings is 1. The maximum Gasteiger partial charge on any atom is 0.421 e. The van der Waals surface area contributed by atoms with Crippen molar-refractivity contribution in [1.29, 1.82) is 0 Å². The van der Waals surface area contributed by atoms with Crippen LogP contribution in [0.5, 0.6) is 5.75 Å². The van der Waals surface area contributed by atoms with Crippen LogP contribution in [0.15, 0.2) is 146 Å². The van der Waals surface area contributed by atoms with Crippen molar-refractivity contribution in [3.8, 4) is 17.6 Å². The summed E-state index contributed by atoms with van der Waals surface area (Å²) in [5, 5.41) is 18.3. The molecule has 5 aromatic carbocycles. The number of cyclic esters (lactones) is 1. The molecular weight excluding hydrogens is 943 g/mol. The van der Waals surface area contributed by atoms with E-state index in [1.807, 2.05) is 94.7 Å². The Hall–Kier alpha value is -8.50. The number of aromatic nitrogens is 5. The van der Waals surface area contributed by atoms with Crippen molar-refractivity contribution in [2.45, 2.75) is 36.2 Å². The summed E-state index contributed by atoms with van der Waals surface area (Å²) in [6.45, 7) is 0.995. The van der Waals surface area contributed by atoms with Crippen LogP contribution in [0, 0.1) is 17.8 Å². The zero-order valence-electron chi connectivity index (χ0n) is 40.3. The first-order chi connectivity index (χ1) is 36.3. The molecule has 0 saturated carbocycles. The Bertz CT molecular complexity index is 3250. The highest BCUT2D eigenvalue weighted by Crippen LogP contribution is 2.66. The zero-order valence-corrected chi connectivity index (χ0v) is 40.3. The number of rotatable bonds is 12. The number of ether oxygens (including phenoxy) is 4. The first kappa shape index (κ1) is 47.8. The van der Waals surface area contributed by atoms with Crippen molar-refractivity contribution in [3.63, 3.8) is 0 Å². The van der Waals surface area contributed by atoms with Crippen LogP contribution in [0.1, 0.15) is 46.0 Å². The molecule has 4 aliphatic rings. The maximum absolute atomic E-state index is 16.6. The number of benzene rings is 5. The van der Waals surface area contributed by atoms with Crippen molar-refractivity contribution in [2.75, 3.05) is 69.5 Å². The molecule has 2 aromatic heterocycles. The number of aliphatic hydroxyl groups is 1. The van der Waals surface area contributed by atoms with Gasteiger partial charge < -0.3 is 33.9 Å². The summed E-state index contributed by atoms with van der Waals surface area (Å²) in [7, 11) is 1.47. The monoisotopic (exact) mass is 993 g/mol. The number of anilines is 2. The van der Waals surface area contributed by atoms with E-state index in [1.165, 1.54) is 7.11 Å². The summed E-state index contributed by atoms with van der Waals surface area (Å²) < 4.78 is 25.2. The van der Waals surface area contributed by atoms with Gasteiger partial charge in [-0.25, -0.2) is 24.3 Å². The second-order valence-electron chi connectivity index (χ2n) is 18.3. The number of carbonyl (C=O) groups is 4. The highest BCUT2D eigenvalue weighted by Gasteiger charge is 2.76. The quantitative estimate of drug-likeness (QED) is 0.0923. The second kappa shape index (κ2) is 20.5. The van der Waals surface area contributed by atoms with E-state index in [-0.39, 0.29) is 51.7 Å². The number of para-hydroxylation sites is 1. The van der Waals surface area contributed by atoms with Crippen LogP contribution < -0.4 is 14.5 Å². The molecule has 6 atom stereocenters. The van der Waals surface area contributed by atoms with Gasteiger partial charge in [-0.2, -0.15) is 0 Å². The summed E-state index contributed by atoms with van der Waals surface area (Å²) in [5.41, 5.74) is 2.41. The SMILES string of the molecule is COCCOC(=O)N1C(=O)C2(c3cc(C#CCn4nnc5ccccc54)ccc31)C(C(=O)N1CCN(c3ncccn3)CC1)C1C(=O)OC(c3ccccc3)C(c3ccccc3)N1C2c1ccc(OCCO)cc1. The third-order valence-corrected chi connectivity index (χ3v) is 14.3. The van der Waals surface area contributed by atoms with Gasteiger partial charge in [-0.3, -0.25) is 19.3 Å². The van der Waals surface area contributed by atoms with Crippen LogP contribution in [0.3, 0.4) is 0 Å². The lowest BCUT2D eigenvalue weighted by atomic mass is 9.65. The van der Waals surface area contributed by atoms with Gasteiger partial charge in [0.15, 0.2) is 0 Å². The van der Waals surface area contributed by atoms with Crippen LogP contribution in [-0.4, -0.2) is 130 Å². The molecule has 1 spiro atoms. The molecule has 0 bridgehead atoms. The summed E-state index contributed by atoms with van der Waals surface area (Å²) in [5.74, 6) is 3.99. The van der Waals surface area contributed by atoms with Gasteiger partial charge in [-0.1, -0.05) is 102 Å². The van der Waals surface area contributed by atoms with Crippen LogP contribution in [0.25, 0.3) is 11.0 Å². The van der Waals surface area contributed by atoms with Crippen molar-refractivity contribution in [2.24, 2.45) is 5.92 Å². The largest absolute Gasteiger partial charge is 0.491 e. The van der Waals surface area contributed by atoms with Crippen LogP contribution >= 0.6 is 0 Å². The van der Waals surface area contributed by atoms with Gasteiger partial charge in [-0.05, 0) is 70.8 Å². The average molecular weight is 994 g/mol. The lowest BCUT2D eigenvalue weighted by molar-refractivity contribution is -0.179. The number of amides is 3. The van der Waals surface area contributed by atoms with Crippen molar-refractivity contribution in [3.05, 3.63) is 174 Å². The lowest BCUT2D eigenvalue weighted by Gasteiger charge is -2.46. The minimum atomic E-state index is -2.04. The van der Waals surface area contributed by atoms with Crippen LogP contribution in [-0.2, 0) is 40.6 Å². The van der Waals surface area contributed by atoms with Gasteiger partial charge in [0.2, 0.25) is 17.8 Å².